The van der Waals surface area contributed by atoms with Gasteiger partial charge in [-0.15, -0.1) is 0 Å². The van der Waals surface area contributed by atoms with Crippen molar-refractivity contribution in [2.75, 3.05) is 50.8 Å². The number of benzene rings is 4. The van der Waals surface area contributed by atoms with E-state index in [4.69, 9.17) is 9.47 Å². The number of rotatable bonds is 11. The van der Waals surface area contributed by atoms with Crippen molar-refractivity contribution in [2.45, 2.75) is 63.5 Å². The van der Waals surface area contributed by atoms with Gasteiger partial charge in [0.25, 0.3) is 5.91 Å². The third kappa shape index (κ3) is 7.40. The Bertz CT molecular complexity index is 2020. The first-order valence-corrected chi connectivity index (χ1v) is 19.3. The van der Waals surface area contributed by atoms with E-state index in [1.54, 1.807) is 17.0 Å². The van der Waals surface area contributed by atoms with E-state index in [1.807, 2.05) is 18.2 Å². The monoisotopic (exact) mass is 728 g/mol. The van der Waals surface area contributed by atoms with Gasteiger partial charge >= 0.3 is 0 Å². The maximum Gasteiger partial charge on any atom is 0.255 e. The summed E-state index contributed by atoms with van der Waals surface area (Å²) in [4.78, 5) is 43.6. The highest BCUT2D eigenvalue weighted by Gasteiger charge is 2.39. The number of amides is 3. The lowest BCUT2D eigenvalue weighted by Crippen LogP contribution is -2.52. The molecule has 2 N–H and O–H groups in total. The van der Waals surface area contributed by atoms with E-state index < -0.39 is 6.04 Å². The molecule has 3 amide bonds. The second kappa shape index (κ2) is 15.6. The molecular formula is C44H48N4O6. The molecule has 4 aromatic rings. The molecule has 8 rings (SSSR count). The first-order chi connectivity index (χ1) is 26.3. The fraction of sp³-hybridized carbons (Fsp3) is 0.386. The second-order valence-electron chi connectivity index (χ2n) is 15.0. The first kappa shape index (κ1) is 35.7. The predicted molar refractivity (Wildman–Crippen MR) is 206 cm³/mol. The van der Waals surface area contributed by atoms with Gasteiger partial charge in [-0.3, -0.25) is 24.6 Å². The third-order valence-corrected chi connectivity index (χ3v) is 11.6. The summed E-state index contributed by atoms with van der Waals surface area (Å²) in [5.41, 5.74) is 7.53. The highest BCUT2D eigenvalue weighted by atomic mass is 16.5. The molecule has 280 valence electrons. The molecule has 0 spiro atoms. The van der Waals surface area contributed by atoms with Gasteiger partial charge in [-0.2, -0.15) is 0 Å². The van der Waals surface area contributed by atoms with Crippen molar-refractivity contribution in [3.8, 4) is 17.2 Å². The maximum absolute atomic E-state index is 13.1. The van der Waals surface area contributed by atoms with Gasteiger partial charge in [0.1, 0.15) is 23.3 Å². The van der Waals surface area contributed by atoms with Crippen LogP contribution in [0.2, 0.25) is 0 Å². The standard InChI is InChI=1S/C44H48N4O6/c1-29-7-3-4-8-35(29)38-28-54-40-26-33(49)12-16-37(40)42(38)30-9-13-34(14-10-30)53-24-6-2-5-19-46-20-22-47(23-21-46)32-11-15-36-31(25-32)27-48(44(36)52)39-17-18-41(50)45-43(39)51/h3-4,7-16,25-26,38-39,42,49H,2,5-6,17-24,27-28H2,1H3,(H,45,50,51)/t38-,39?,42?/m1/s1. The zero-order valence-electron chi connectivity index (χ0n) is 30.8. The van der Waals surface area contributed by atoms with Gasteiger partial charge in [-0.1, -0.05) is 42.5 Å². The van der Waals surface area contributed by atoms with Crippen LogP contribution in [0.1, 0.15) is 82.1 Å². The molecule has 10 nitrogen and oxygen atoms in total. The summed E-state index contributed by atoms with van der Waals surface area (Å²) >= 11 is 0. The van der Waals surface area contributed by atoms with Crippen molar-refractivity contribution in [1.82, 2.24) is 15.1 Å². The van der Waals surface area contributed by atoms with Crippen LogP contribution in [0.3, 0.4) is 0 Å². The van der Waals surface area contributed by atoms with Gasteiger partial charge in [-0.25, -0.2) is 0 Å². The summed E-state index contributed by atoms with van der Waals surface area (Å²) < 4.78 is 12.3. The molecule has 4 aliphatic rings. The zero-order chi connectivity index (χ0) is 37.2. The van der Waals surface area contributed by atoms with Crippen LogP contribution in [0.15, 0.2) is 84.9 Å². The Morgan fingerprint density at radius 3 is 2.48 bits per heavy atom. The van der Waals surface area contributed by atoms with Crippen LogP contribution in [0.5, 0.6) is 17.2 Å². The van der Waals surface area contributed by atoms with Gasteiger partial charge in [0.05, 0.1) is 13.2 Å². The number of carbonyl (C=O) groups excluding carboxylic acids is 3. The number of aromatic hydroxyl groups is 1. The number of imide groups is 1. The maximum atomic E-state index is 13.1. The van der Waals surface area contributed by atoms with Crippen LogP contribution in [-0.2, 0) is 16.1 Å². The Kier molecular flexibility index (Phi) is 10.3. The number of nitrogens with zero attached hydrogens (tertiary/aromatic N) is 3. The molecule has 4 aliphatic heterocycles. The molecule has 10 heteroatoms. The molecule has 0 aliphatic carbocycles. The minimum absolute atomic E-state index is 0.100. The number of aryl methyl sites for hydroxylation is 1. The normalized spacial score (nSPS) is 21.4. The lowest BCUT2D eigenvalue weighted by Gasteiger charge is -2.36. The number of unbranched alkanes of at least 4 members (excludes halogenated alkanes) is 2. The number of hydrogen-bond donors (Lipinski definition) is 2. The summed E-state index contributed by atoms with van der Waals surface area (Å²) in [5.74, 6) is 1.30. The third-order valence-electron chi connectivity index (χ3n) is 11.6. The Hall–Kier alpha value is -5.35. The van der Waals surface area contributed by atoms with Gasteiger partial charge in [0, 0.05) is 73.9 Å². The molecule has 0 aromatic heterocycles. The first-order valence-electron chi connectivity index (χ1n) is 19.3. The second-order valence-corrected chi connectivity index (χ2v) is 15.0. The molecule has 0 radical (unpaired) electrons. The van der Waals surface area contributed by atoms with Crippen LogP contribution in [0.4, 0.5) is 5.69 Å². The molecule has 0 bridgehead atoms. The highest BCUT2D eigenvalue weighted by Crippen LogP contribution is 2.47. The zero-order valence-corrected chi connectivity index (χ0v) is 30.8. The minimum Gasteiger partial charge on any atom is -0.508 e. The minimum atomic E-state index is -0.592. The molecule has 0 saturated carbocycles. The van der Waals surface area contributed by atoms with E-state index in [0.29, 0.717) is 31.7 Å². The molecule has 2 fully saturated rings. The number of anilines is 1. The van der Waals surface area contributed by atoms with Crippen LogP contribution in [0.25, 0.3) is 0 Å². The smallest absolute Gasteiger partial charge is 0.255 e. The fourth-order valence-electron chi connectivity index (χ4n) is 8.64. The number of nitrogens with one attached hydrogen (secondary N) is 1. The molecular weight excluding hydrogens is 681 g/mol. The number of piperazine rings is 1. The molecule has 54 heavy (non-hydrogen) atoms. The number of phenolic OH excluding ortho intramolecular Hbond substituents is 1. The average molecular weight is 729 g/mol. The van der Waals surface area contributed by atoms with Gasteiger partial charge in [0.15, 0.2) is 0 Å². The number of phenols is 1. The SMILES string of the molecule is Cc1ccccc1[C@H]1COc2cc(O)ccc2C1c1ccc(OCCCCCN2CCN(c3ccc4c(c3)CN(C3CCC(=O)NC3=O)C4=O)CC2)cc1. The number of ether oxygens (including phenoxy) is 2. The Labute approximate surface area is 316 Å². The van der Waals surface area contributed by atoms with Crippen molar-refractivity contribution in [2.24, 2.45) is 0 Å². The van der Waals surface area contributed by atoms with Crippen molar-refractivity contribution < 1.29 is 29.0 Å². The lowest BCUT2D eigenvalue weighted by atomic mass is 9.75. The van der Waals surface area contributed by atoms with Crippen LogP contribution < -0.4 is 19.7 Å². The summed E-state index contributed by atoms with van der Waals surface area (Å²) in [6.07, 6.45) is 3.85. The quantitative estimate of drug-likeness (QED) is 0.140. The van der Waals surface area contributed by atoms with Crippen molar-refractivity contribution >= 4 is 23.4 Å². The van der Waals surface area contributed by atoms with E-state index in [0.717, 1.165) is 80.3 Å². The summed E-state index contributed by atoms with van der Waals surface area (Å²) in [5, 5.41) is 12.5. The topological polar surface area (TPSA) is 112 Å². The molecule has 2 saturated heterocycles. The van der Waals surface area contributed by atoms with Crippen molar-refractivity contribution in [3.05, 3.63) is 118 Å². The van der Waals surface area contributed by atoms with E-state index in [1.165, 1.54) is 16.7 Å². The lowest BCUT2D eigenvalue weighted by molar-refractivity contribution is -0.136. The van der Waals surface area contributed by atoms with E-state index in [-0.39, 0.29) is 41.7 Å². The van der Waals surface area contributed by atoms with Crippen LogP contribution in [-0.4, -0.2) is 84.6 Å². The van der Waals surface area contributed by atoms with Crippen molar-refractivity contribution in [1.29, 1.82) is 0 Å². The van der Waals surface area contributed by atoms with Gasteiger partial charge in [-0.05, 0) is 97.8 Å². The van der Waals surface area contributed by atoms with Crippen LogP contribution in [0, 0.1) is 6.92 Å². The molecule has 2 unspecified atom stereocenters. The molecule has 3 atom stereocenters. The summed E-state index contributed by atoms with van der Waals surface area (Å²) in [6.45, 7) is 8.68. The Balaban J connectivity index is 0.780. The van der Waals surface area contributed by atoms with Crippen molar-refractivity contribution in [3.63, 3.8) is 0 Å². The van der Waals surface area contributed by atoms with E-state index >= 15 is 0 Å². The van der Waals surface area contributed by atoms with Crippen LogP contribution >= 0.6 is 0 Å². The van der Waals surface area contributed by atoms with Gasteiger partial charge < -0.3 is 24.4 Å². The predicted octanol–water partition coefficient (Wildman–Crippen LogP) is 6.14. The van der Waals surface area contributed by atoms with E-state index in [9.17, 15) is 19.5 Å². The van der Waals surface area contributed by atoms with Gasteiger partial charge in [0.2, 0.25) is 11.8 Å². The molecule has 4 aromatic carbocycles. The molecule has 4 heterocycles. The Morgan fingerprint density at radius 1 is 0.870 bits per heavy atom. The number of piperidine rings is 1. The number of hydrogen-bond acceptors (Lipinski definition) is 8. The fourth-order valence-corrected chi connectivity index (χ4v) is 8.64. The highest BCUT2D eigenvalue weighted by molar-refractivity contribution is 6.05. The Morgan fingerprint density at radius 2 is 1.69 bits per heavy atom. The number of carbonyl (C=O) groups is 3. The summed E-state index contributed by atoms with van der Waals surface area (Å²) in [6, 6.07) is 27.9. The van der Waals surface area contributed by atoms with E-state index in [2.05, 4.69) is 76.6 Å². The summed E-state index contributed by atoms with van der Waals surface area (Å²) in [7, 11) is 0. The average Bonchev–Trinajstić information content (AvgIpc) is 3.51. The largest absolute Gasteiger partial charge is 0.508 e. The number of fused-ring (bicyclic) bond motifs is 2.